The van der Waals surface area contributed by atoms with Gasteiger partial charge in [0.2, 0.25) is 0 Å². The summed E-state index contributed by atoms with van der Waals surface area (Å²) in [5, 5.41) is 0. The summed E-state index contributed by atoms with van der Waals surface area (Å²) in [6.45, 7) is 2.09. The molecule has 1 saturated heterocycles. The Balaban J connectivity index is 0.000000396. The average Bonchev–Trinajstić information content (AvgIpc) is 2.28. The molecule has 0 amide bonds. The molecule has 0 saturated carbocycles. The predicted octanol–water partition coefficient (Wildman–Crippen LogP) is 2.21. The van der Waals surface area contributed by atoms with Crippen molar-refractivity contribution in [1.82, 2.24) is 0 Å². The lowest BCUT2D eigenvalue weighted by Gasteiger charge is -2.12. The average molecular weight is 336 g/mol. The third-order valence-electron chi connectivity index (χ3n) is 2.54. The molecule has 4 nitrogen and oxygen atoms in total. The van der Waals surface area contributed by atoms with Gasteiger partial charge in [-0.1, -0.05) is 6.92 Å². The molecule has 20 heavy (non-hydrogen) atoms. The van der Waals surface area contributed by atoms with Crippen molar-refractivity contribution in [2.24, 2.45) is 0 Å². The van der Waals surface area contributed by atoms with Crippen LogP contribution in [-0.4, -0.2) is 41.5 Å². The molecule has 0 atom stereocenters. The van der Waals surface area contributed by atoms with Crippen molar-refractivity contribution in [2.45, 2.75) is 44.5 Å². The van der Waals surface area contributed by atoms with E-state index in [-0.39, 0.29) is 0 Å². The normalized spacial score (nSPS) is 17.2. The van der Waals surface area contributed by atoms with Gasteiger partial charge in [0, 0.05) is 6.42 Å². The van der Waals surface area contributed by atoms with Gasteiger partial charge in [0.15, 0.2) is 21.7 Å². The van der Waals surface area contributed by atoms with Crippen LogP contribution in [0.3, 0.4) is 0 Å². The van der Waals surface area contributed by atoms with E-state index in [2.05, 4.69) is 6.92 Å². The van der Waals surface area contributed by atoms with Crippen molar-refractivity contribution in [3.05, 3.63) is 0 Å². The van der Waals surface area contributed by atoms with Crippen molar-refractivity contribution in [1.29, 1.82) is 0 Å². The molecule has 1 aliphatic rings. The van der Waals surface area contributed by atoms with Crippen LogP contribution in [0.2, 0.25) is 0 Å². The van der Waals surface area contributed by atoms with Crippen molar-refractivity contribution in [3.63, 3.8) is 0 Å². The Morgan fingerprint density at radius 1 is 1.20 bits per heavy atom. The summed E-state index contributed by atoms with van der Waals surface area (Å²) >= 11 is 0. The Morgan fingerprint density at radius 2 is 1.65 bits per heavy atom. The van der Waals surface area contributed by atoms with Crippen LogP contribution in [0.25, 0.3) is 0 Å². The summed E-state index contributed by atoms with van der Waals surface area (Å²) in [5.74, 6) is 4.06. The maximum atomic E-state index is 11.3. The van der Waals surface area contributed by atoms with Gasteiger partial charge in [0.05, 0.1) is 0 Å². The highest BCUT2D eigenvalue weighted by Crippen LogP contribution is 2.20. The quantitative estimate of drug-likeness (QED) is 0.448. The molecule has 1 aliphatic heterocycles. The number of halogens is 3. The summed E-state index contributed by atoms with van der Waals surface area (Å²) in [7, 11) is -5.62. The molecule has 0 unspecified atom stereocenters. The Kier molecular flexibility index (Phi) is 8.76. The lowest BCUT2D eigenvalue weighted by Crippen LogP contribution is -2.25. The van der Waals surface area contributed by atoms with E-state index in [1.807, 2.05) is 0 Å². The zero-order valence-electron chi connectivity index (χ0n) is 11.2. The SMILES string of the molecule is CCCC(=O)C[S+]1CCCCC1.O=S(=O)([O-])C(F)(F)F. The number of hydrogen-bond donors (Lipinski definition) is 0. The van der Waals surface area contributed by atoms with Gasteiger partial charge in [-0.25, -0.2) is 8.42 Å². The van der Waals surface area contributed by atoms with Crippen LogP contribution in [-0.2, 0) is 25.8 Å². The maximum Gasteiger partial charge on any atom is 0.485 e. The molecule has 0 aliphatic carbocycles. The maximum absolute atomic E-state index is 11.3. The van der Waals surface area contributed by atoms with Gasteiger partial charge in [-0.05, 0) is 36.6 Å². The molecule has 0 aromatic carbocycles. The molecule has 0 aromatic rings. The highest BCUT2D eigenvalue weighted by molar-refractivity contribution is 7.97. The zero-order valence-corrected chi connectivity index (χ0v) is 12.9. The Bertz CT molecular complexity index is 387. The number of hydrogen-bond acceptors (Lipinski definition) is 4. The molecule has 0 aromatic heterocycles. The lowest BCUT2D eigenvalue weighted by atomic mass is 10.2. The molecule has 0 bridgehead atoms. The summed E-state index contributed by atoms with van der Waals surface area (Å²) in [6, 6.07) is 0. The van der Waals surface area contributed by atoms with Gasteiger partial charge in [0.1, 0.15) is 11.5 Å². The first kappa shape index (κ1) is 19.7. The summed E-state index contributed by atoms with van der Waals surface area (Å²) in [6.07, 6.45) is 5.95. The predicted molar refractivity (Wildman–Crippen MR) is 71.5 cm³/mol. The van der Waals surface area contributed by atoms with Gasteiger partial charge in [-0.2, -0.15) is 13.2 Å². The first-order chi connectivity index (χ1) is 9.08. The third kappa shape index (κ3) is 8.80. The molecule has 120 valence electrons. The minimum absolute atomic E-state index is 0.474. The van der Waals surface area contributed by atoms with Crippen molar-refractivity contribution in [3.8, 4) is 0 Å². The minimum atomic E-state index is -6.09. The zero-order chi connectivity index (χ0) is 15.8. The molecule has 0 N–H and O–H groups in total. The van der Waals surface area contributed by atoms with Gasteiger partial charge in [-0.3, -0.25) is 4.79 Å². The van der Waals surface area contributed by atoms with Crippen molar-refractivity contribution in [2.75, 3.05) is 17.3 Å². The van der Waals surface area contributed by atoms with Gasteiger partial charge in [0.25, 0.3) is 0 Å². The second kappa shape index (κ2) is 8.89. The van der Waals surface area contributed by atoms with Gasteiger partial charge >= 0.3 is 5.51 Å². The van der Waals surface area contributed by atoms with E-state index >= 15 is 0 Å². The summed E-state index contributed by atoms with van der Waals surface area (Å²) < 4.78 is 58.9. The molecular formula is C11H19F3O4S2. The number of carbonyl (C=O) groups excluding carboxylic acids is 1. The Morgan fingerprint density at radius 3 is 2.00 bits per heavy atom. The van der Waals surface area contributed by atoms with Crippen LogP contribution in [0, 0.1) is 0 Å². The molecule has 0 radical (unpaired) electrons. The van der Waals surface area contributed by atoms with E-state index in [0.717, 1.165) is 18.6 Å². The molecule has 9 heteroatoms. The lowest BCUT2D eigenvalue weighted by molar-refractivity contribution is -0.116. The second-order valence-electron chi connectivity index (χ2n) is 4.41. The summed E-state index contributed by atoms with van der Waals surface area (Å²) in [5.41, 5.74) is -5.65. The topological polar surface area (TPSA) is 74.3 Å². The van der Waals surface area contributed by atoms with E-state index in [0.29, 0.717) is 16.7 Å². The van der Waals surface area contributed by atoms with E-state index in [1.54, 1.807) is 0 Å². The Hall–Kier alpha value is -0.280. The van der Waals surface area contributed by atoms with Crippen LogP contribution in [0.1, 0.15) is 39.0 Å². The van der Waals surface area contributed by atoms with E-state index in [1.165, 1.54) is 30.8 Å². The van der Waals surface area contributed by atoms with E-state index in [4.69, 9.17) is 13.0 Å². The third-order valence-corrected chi connectivity index (χ3v) is 5.57. The second-order valence-corrected chi connectivity index (χ2v) is 8.12. The molecule has 0 spiro atoms. The number of rotatable bonds is 4. The Labute approximate surface area is 120 Å². The molecule has 1 heterocycles. The van der Waals surface area contributed by atoms with E-state index < -0.39 is 15.6 Å². The van der Waals surface area contributed by atoms with Crippen LogP contribution < -0.4 is 0 Å². The van der Waals surface area contributed by atoms with Crippen LogP contribution >= 0.6 is 0 Å². The number of Topliss-reactive ketones (excluding diaryl/α,β-unsaturated/α-hetero) is 1. The van der Waals surface area contributed by atoms with Crippen molar-refractivity contribution < 1.29 is 30.9 Å². The fourth-order valence-corrected chi connectivity index (χ4v) is 3.93. The largest absolute Gasteiger partial charge is 0.741 e. The molecule has 1 rings (SSSR count). The fourth-order valence-electron chi connectivity index (χ4n) is 1.61. The standard InChI is InChI=1S/C10H19OS.CHF3O3S/c1-2-6-10(11)9-12-7-4-3-5-8-12;2-1(3,4)8(5,6)7/h2-9H2,1H3;(H,5,6,7)/q+1;/p-1. The highest BCUT2D eigenvalue weighted by Gasteiger charge is 2.36. The van der Waals surface area contributed by atoms with Crippen LogP contribution in [0.5, 0.6) is 0 Å². The van der Waals surface area contributed by atoms with Crippen LogP contribution in [0.15, 0.2) is 0 Å². The number of alkyl halides is 3. The highest BCUT2D eigenvalue weighted by atomic mass is 32.2. The van der Waals surface area contributed by atoms with Crippen LogP contribution in [0.4, 0.5) is 13.2 Å². The minimum Gasteiger partial charge on any atom is -0.741 e. The smallest absolute Gasteiger partial charge is 0.485 e. The fraction of sp³-hybridized carbons (Fsp3) is 0.909. The monoisotopic (exact) mass is 336 g/mol. The molecular weight excluding hydrogens is 317 g/mol. The first-order valence-corrected chi connectivity index (χ1v) is 9.40. The first-order valence-electron chi connectivity index (χ1n) is 6.26. The number of ketones is 1. The van der Waals surface area contributed by atoms with Crippen molar-refractivity contribution >= 4 is 26.8 Å². The number of carbonyl (C=O) groups is 1. The van der Waals surface area contributed by atoms with E-state index in [9.17, 15) is 18.0 Å². The summed E-state index contributed by atoms with van der Waals surface area (Å²) in [4.78, 5) is 11.3. The van der Waals surface area contributed by atoms with Gasteiger partial charge < -0.3 is 4.55 Å². The van der Waals surface area contributed by atoms with Gasteiger partial charge in [-0.15, -0.1) is 0 Å². The molecule has 1 fully saturated rings.